The second-order valence-electron chi connectivity index (χ2n) is 5.85. The standard InChI is InChI=1S/C12H22Cl2N2O6P2/c13-9-11-1-7-19-23(17,21-11)15-3-5-16(6-4-15)24(18)20-8-2-12(10-14)22-24/h11-12H,1-10H2/t11-,12-,23-,24-/m0/s1. The van der Waals surface area contributed by atoms with Crippen molar-refractivity contribution in [3.8, 4) is 0 Å². The molecule has 12 heteroatoms. The number of rotatable bonds is 4. The molecule has 0 aromatic heterocycles. The molecule has 3 aliphatic rings. The van der Waals surface area contributed by atoms with Gasteiger partial charge in [-0.1, -0.05) is 0 Å². The molecule has 0 bridgehead atoms. The van der Waals surface area contributed by atoms with E-state index in [-0.39, 0.29) is 24.0 Å². The molecule has 24 heavy (non-hydrogen) atoms. The molecular formula is C12H22Cl2N2O6P2. The Morgan fingerprint density at radius 1 is 0.792 bits per heavy atom. The van der Waals surface area contributed by atoms with Crippen LogP contribution in [0.2, 0.25) is 0 Å². The topological polar surface area (TPSA) is 77.5 Å². The average molecular weight is 423 g/mol. The van der Waals surface area contributed by atoms with Gasteiger partial charge in [0.15, 0.2) is 0 Å². The normalized spacial score (nSPS) is 42.9. The number of hydrogen-bond acceptors (Lipinski definition) is 6. The highest BCUT2D eigenvalue weighted by Crippen LogP contribution is 2.59. The molecule has 8 nitrogen and oxygen atoms in total. The maximum Gasteiger partial charge on any atom is 0.408 e. The first-order valence-corrected chi connectivity index (χ1v) is 12.0. The molecule has 0 aromatic carbocycles. The highest BCUT2D eigenvalue weighted by atomic mass is 35.5. The minimum absolute atomic E-state index is 0.267. The third-order valence-corrected chi connectivity index (χ3v) is 9.24. The first kappa shape index (κ1) is 19.6. The van der Waals surface area contributed by atoms with Gasteiger partial charge in [0.1, 0.15) is 0 Å². The van der Waals surface area contributed by atoms with E-state index < -0.39 is 15.5 Å². The number of nitrogens with zero attached hydrogens (tertiary/aromatic N) is 2. The zero-order valence-corrected chi connectivity index (χ0v) is 16.5. The summed E-state index contributed by atoms with van der Waals surface area (Å²) in [6, 6.07) is 0. The zero-order valence-electron chi connectivity index (χ0n) is 13.2. The highest BCUT2D eigenvalue weighted by molar-refractivity contribution is 7.51. The quantitative estimate of drug-likeness (QED) is 0.505. The van der Waals surface area contributed by atoms with Crippen LogP contribution in [0, 0.1) is 0 Å². The van der Waals surface area contributed by atoms with Gasteiger partial charge in [-0.3, -0.25) is 18.1 Å². The van der Waals surface area contributed by atoms with Crippen molar-refractivity contribution in [2.45, 2.75) is 25.0 Å². The summed E-state index contributed by atoms with van der Waals surface area (Å²) in [6.07, 6.45) is 0.725. The Morgan fingerprint density at radius 2 is 1.17 bits per heavy atom. The smallest absolute Gasteiger partial charge is 0.297 e. The fourth-order valence-electron chi connectivity index (χ4n) is 2.82. The summed E-state index contributed by atoms with van der Waals surface area (Å²) in [4.78, 5) is 0. The van der Waals surface area contributed by atoms with Gasteiger partial charge in [-0.15, -0.1) is 23.2 Å². The van der Waals surface area contributed by atoms with Gasteiger partial charge in [-0.2, -0.15) is 0 Å². The van der Waals surface area contributed by atoms with E-state index in [9.17, 15) is 9.13 Å². The lowest BCUT2D eigenvalue weighted by Gasteiger charge is -2.42. The summed E-state index contributed by atoms with van der Waals surface area (Å²) in [5.41, 5.74) is 0. The Labute approximate surface area is 151 Å². The van der Waals surface area contributed by atoms with Crippen molar-refractivity contribution in [3.63, 3.8) is 0 Å². The van der Waals surface area contributed by atoms with Crippen molar-refractivity contribution in [3.05, 3.63) is 0 Å². The van der Waals surface area contributed by atoms with Crippen LogP contribution in [0.15, 0.2) is 0 Å². The lowest BCUT2D eigenvalue weighted by Crippen LogP contribution is -2.46. The summed E-state index contributed by atoms with van der Waals surface area (Å²) in [7, 11) is -6.68. The molecule has 0 saturated carbocycles. The molecule has 3 rings (SSSR count). The van der Waals surface area contributed by atoms with Gasteiger partial charge in [-0.05, 0) is 12.8 Å². The Kier molecular flexibility index (Phi) is 6.70. The second kappa shape index (κ2) is 8.22. The van der Waals surface area contributed by atoms with E-state index in [1.807, 2.05) is 0 Å². The van der Waals surface area contributed by atoms with Crippen LogP contribution in [-0.4, -0.2) is 72.7 Å². The molecule has 3 saturated heterocycles. The van der Waals surface area contributed by atoms with Crippen LogP contribution in [0.25, 0.3) is 0 Å². The first-order chi connectivity index (χ1) is 11.5. The molecule has 0 unspecified atom stereocenters. The van der Waals surface area contributed by atoms with E-state index in [2.05, 4.69) is 0 Å². The van der Waals surface area contributed by atoms with Gasteiger partial charge in [0.2, 0.25) is 0 Å². The summed E-state index contributed by atoms with van der Waals surface area (Å²) in [5, 5.41) is 0. The zero-order chi connectivity index (χ0) is 17.2. The molecule has 4 atom stereocenters. The van der Waals surface area contributed by atoms with Crippen LogP contribution < -0.4 is 0 Å². The van der Waals surface area contributed by atoms with Crippen molar-refractivity contribution >= 4 is 38.7 Å². The van der Waals surface area contributed by atoms with Crippen LogP contribution >= 0.6 is 38.7 Å². The number of halogens is 2. The minimum Gasteiger partial charge on any atom is -0.297 e. The first-order valence-electron chi connectivity index (χ1n) is 7.98. The molecule has 140 valence electrons. The van der Waals surface area contributed by atoms with Crippen LogP contribution in [-0.2, 0) is 27.2 Å². The van der Waals surface area contributed by atoms with Crippen LogP contribution in [0.3, 0.4) is 0 Å². The summed E-state index contributed by atoms with van der Waals surface area (Å²) < 4.78 is 51.0. The van der Waals surface area contributed by atoms with Gasteiger partial charge < -0.3 is 0 Å². The molecule has 0 N–H and O–H groups in total. The predicted molar refractivity (Wildman–Crippen MR) is 90.7 cm³/mol. The second-order valence-corrected chi connectivity index (χ2v) is 10.4. The van der Waals surface area contributed by atoms with Crippen molar-refractivity contribution in [1.29, 1.82) is 0 Å². The largest absolute Gasteiger partial charge is 0.408 e. The fraction of sp³-hybridized carbons (Fsp3) is 1.00. The van der Waals surface area contributed by atoms with Crippen LogP contribution in [0.1, 0.15) is 12.8 Å². The third-order valence-electron chi connectivity index (χ3n) is 4.22. The van der Waals surface area contributed by atoms with Crippen LogP contribution in [0.5, 0.6) is 0 Å². The van der Waals surface area contributed by atoms with Gasteiger partial charge >= 0.3 is 15.5 Å². The predicted octanol–water partition coefficient (Wildman–Crippen LogP) is 2.91. The molecular weight excluding hydrogens is 401 g/mol. The Balaban J connectivity index is 1.59. The van der Waals surface area contributed by atoms with Crippen molar-refractivity contribution in [2.75, 3.05) is 51.2 Å². The van der Waals surface area contributed by atoms with Crippen molar-refractivity contribution < 1.29 is 27.2 Å². The van der Waals surface area contributed by atoms with Gasteiger partial charge in [-0.25, -0.2) is 18.5 Å². The molecule has 0 radical (unpaired) electrons. The Bertz CT molecular complexity index is 488. The molecule has 0 aromatic rings. The molecule has 3 heterocycles. The SMILES string of the molecule is O=[P@@]1(N2CCN([P@]3(=O)OCC[C@@H](CCl)O3)CC2)OCC[C@@H](CCl)O1. The monoisotopic (exact) mass is 422 g/mol. The van der Waals surface area contributed by atoms with Crippen molar-refractivity contribution in [1.82, 2.24) is 9.34 Å². The highest BCUT2D eigenvalue weighted by Gasteiger charge is 2.45. The number of piperazine rings is 1. The Morgan fingerprint density at radius 3 is 1.50 bits per heavy atom. The van der Waals surface area contributed by atoms with Gasteiger partial charge in [0, 0.05) is 37.9 Å². The van der Waals surface area contributed by atoms with E-state index in [4.69, 9.17) is 41.3 Å². The third kappa shape index (κ3) is 4.20. The van der Waals surface area contributed by atoms with E-state index in [0.717, 1.165) is 0 Å². The lowest BCUT2D eigenvalue weighted by molar-refractivity contribution is 0.0420. The van der Waals surface area contributed by atoms with Gasteiger partial charge in [0.05, 0.1) is 25.4 Å². The van der Waals surface area contributed by atoms with Crippen molar-refractivity contribution in [2.24, 2.45) is 0 Å². The molecule has 0 amide bonds. The Hall–Kier alpha value is 0.800. The maximum absolute atomic E-state index is 12.9. The van der Waals surface area contributed by atoms with E-state index in [1.165, 1.54) is 0 Å². The van der Waals surface area contributed by atoms with E-state index >= 15 is 0 Å². The molecule has 3 fully saturated rings. The maximum atomic E-state index is 12.9. The minimum atomic E-state index is -3.34. The van der Waals surface area contributed by atoms with E-state index in [1.54, 1.807) is 9.34 Å². The van der Waals surface area contributed by atoms with Crippen LogP contribution in [0.4, 0.5) is 0 Å². The van der Waals surface area contributed by atoms with Gasteiger partial charge in [0.25, 0.3) is 0 Å². The summed E-state index contributed by atoms with van der Waals surface area (Å²) in [6.45, 7) is 2.25. The van der Waals surface area contributed by atoms with E-state index in [0.29, 0.717) is 52.2 Å². The average Bonchev–Trinajstić information content (AvgIpc) is 2.62. The number of hydrogen-bond donors (Lipinski definition) is 0. The molecule has 0 spiro atoms. The molecule has 3 aliphatic heterocycles. The fourth-order valence-corrected chi connectivity index (χ4v) is 7.27. The summed E-state index contributed by atoms with van der Waals surface area (Å²) in [5.74, 6) is 0.564. The number of alkyl halides is 2. The molecule has 0 aliphatic carbocycles. The summed E-state index contributed by atoms with van der Waals surface area (Å²) >= 11 is 11.6. The lowest BCUT2D eigenvalue weighted by atomic mass is 10.3.